The Bertz CT molecular complexity index is 5130. The van der Waals surface area contributed by atoms with E-state index in [0.29, 0.717) is 0 Å². The Morgan fingerprint density at radius 3 is 0.602 bits per heavy atom. The van der Waals surface area contributed by atoms with Crippen molar-refractivity contribution in [2.24, 2.45) is 11.8 Å². The molecule has 4 aliphatic rings. The molecule has 4 aliphatic carbocycles. The van der Waals surface area contributed by atoms with Crippen LogP contribution in [0, 0.1) is 107 Å². The Hall–Kier alpha value is -12.9. The smallest absolute Gasteiger partial charge is 0.0447 e. The molecule has 0 aromatic heterocycles. The second-order valence-electron chi connectivity index (χ2n) is 25.5. The first-order valence-electron chi connectivity index (χ1n) is 33.6. The zero-order valence-electron chi connectivity index (χ0n) is 54.2. The molecule has 4 bridgehead atoms. The van der Waals surface area contributed by atoms with Gasteiger partial charge in [0.2, 0.25) is 0 Å². The fourth-order valence-electron chi connectivity index (χ4n) is 16.0. The molecule has 0 heteroatoms. The molecule has 16 rings (SSSR count). The minimum atomic E-state index is -1.12. The summed E-state index contributed by atoms with van der Waals surface area (Å²) >= 11 is 0. The number of rotatable bonds is 4. The van der Waals surface area contributed by atoms with Gasteiger partial charge in [-0.3, -0.25) is 0 Å². The third kappa shape index (κ3) is 12.3. The largest absolute Gasteiger partial charge is 0.0622 e. The van der Waals surface area contributed by atoms with Crippen LogP contribution in [0.2, 0.25) is 0 Å². The summed E-state index contributed by atoms with van der Waals surface area (Å²) in [6, 6.07) is 110. The van der Waals surface area contributed by atoms with Gasteiger partial charge in [0.25, 0.3) is 0 Å². The van der Waals surface area contributed by atoms with Crippen LogP contribution in [0.3, 0.4) is 0 Å². The van der Waals surface area contributed by atoms with E-state index in [4.69, 9.17) is 0 Å². The highest BCUT2D eigenvalue weighted by Gasteiger charge is 2.75. The summed E-state index contributed by atoms with van der Waals surface area (Å²) in [5.41, 5.74) is 15.8. The van der Waals surface area contributed by atoms with E-state index >= 15 is 0 Å². The van der Waals surface area contributed by atoms with E-state index in [1.807, 2.05) is 97.1 Å². The van der Waals surface area contributed by atoms with Crippen molar-refractivity contribution in [2.45, 2.75) is 48.3 Å². The first kappa shape index (κ1) is 61.3. The molecule has 0 aliphatic heterocycles. The Morgan fingerprint density at radius 2 is 0.378 bits per heavy atom. The summed E-state index contributed by atoms with van der Waals surface area (Å²) in [4.78, 5) is 0. The molecule has 0 radical (unpaired) electrons. The zero-order valence-corrected chi connectivity index (χ0v) is 54.2. The van der Waals surface area contributed by atoms with Gasteiger partial charge in [0, 0.05) is 105 Å². The molecule has 0 atom stereocenters. The van der Waals surface area contributed by atoms with E-state index in [9.17, 15) is 0 Å². The fraction of sp³-hybridized carbons (Fsp3) is 0.102. The van der Waals surface area contributed by atoms with Crippen molar-refractivity contribution in [1.82, 2.24) is 0 Å². The maximum atomic E-state index is 4.02. The monoisotopic (exact) mass is 1240 g/mol. The minimum absolute atomic E-state index is 0.249. The summed E-state index contributed by atoms with van der Waals surface area (Å²) in [5.74, 6) is 61.3. The average Bonchev–Trinajstić information content (AvgIpc) is 0.642. The fourth-order valence-corrected chi connectivity index (χ4v) is 16.0. The summed E-state index contributed by atoms with van der Waals surface area (Å²) in [6.45, 7) is 0. The van der Waals surface area contributed by atoms with Crippen molar-refractivity contribution >= 4 is 0 Å². The van der Waals surface area contributed by atoms with Crippen molar-refractivity contribution in [3.05, 3.63) is 427 Å². The maximum Gasteiger partial charge on any atom is 0.0447 e. The highest BCUT2D eigenvalue weighted by molar-refractivity contribution is 5.75. The molecule has 0 spiro atoms. The standard InChI is InChI=1S/C98H64/c1-9-29-74(30-10-1)53-61-84-45-25-49-92(88(84)65-57-78-37-17-5-18-38-78)96-70-82-69-83(71-96)73-97(72-82,93-50-26-46-85(62-54-75-31-11-2-12-32-75)89(93)66-58-79-39-19-6-20-40-79)98(96,94-51-27-47-86(63-55-76-33-13-3-14-34-76)90(94)67-59-80-41-21-7-22-42-80)95-52-28-48-87(64-56-77-35-15-4-16-36-77)91(95)68-60-81-43-23-8-24-44-81/h1-52,82-83H,69-73H2. The molecule has 4 saturated carbocycles. The highest BCUT2D eigenvalue weighted by atomic mass is 14.8. The van der Waals surface area contributed by atoms with Gasteiger partial charge in [0.1, 0.15) is 0 Å². The van der Waals surface area contributed by atoms with Crippen LogP contribution in [0.4, 0.5) is 0 Å². The molecule has 0 saturated heterocycles. The molecule has 0 amide bonds. The Labute approximate surface area is 578 Å². The summed E-state index contributed by atoms with van der Waals surface area (Å²) in [7, 11) is 0. The molecule has 98 heavy (non-hydrogen) atoms. The predicted molar refractivity (Wildman–Crippen MR) is 399 cm³/mol. The van der Waals surface area contributed by atoms with Gasteiger partial charge in [0.15, 0.2) is 0 Å². The van der Waals surface area contributed by atoms with Crippen LogP contribution >= 0.6 is 0 Å². The van der Waals surface area contributed by atoms with E-state index in [-0.39, 0.29) is 11.8 Å². The normalized spacial score (nSPS) is 16.9. The lowest BCUT2D eigenvalue weighted by atomic mass is 9.28. The SMILES string of the molecule is C(#Cc1cccc(C23CC4CC(C2)CC(c2cccc(C#Cc5ccccc5)c2C#Cc2ccccc2)(C4)C3(c2cccc(C#Cc3ccccc3)c2C#Cc2ccccc2)c2cccc(C#Cc3ccccc3)c2C#Cc2ccccc2)c1C#Cc1ccccc1)c1ccccc1. The summed E-state index contributed by atoms with van der Waals surface area (Å²) in [6.07, 6.45) is 4.34. The Balaban J connectivity index is 1.17. The van der Waals surface area contributed by atoms with Gasteiger partial charge in [-0.1, -0.05) is 289 Å². The van der Waals surface area contributed by atoms with Gasteiger partial charge in [0.05, 0.1) is 0 Å². The lowest BCUT2D eigenvalue weighted by Gasteiger charge is -2.74. The van der Waals surface area contributed by atoms with Crippen LogP contribution in [0.5, 0.6) is 0 Å². The van der Waals surface area contributed by atoms with E-state index in [1.165, 1.54) is 0 Å². The molecule has 12 aromatic carbocycles. The van der Waals surface area contributed by atoms with E-state index < -0.39 is 16.2 Å². The van der Waals surface area contributed by atoms with Gasteiger partial charge < -0.3 is 0 Å². The Kier molecular flexibility index (Phi) is 17.5. The van der Waals surface area contributed by atoms with Crippen LogP contribution in [0.25, 0.3) is 0 Å². The van der Waals surface area contributed by atoms with Gasteiger partial charge >= 0.3 is 0 Å². The third-order valence-corrected chi connectivity index (χ3v) is 19.6. The first-order chi connectivity index (χ1) is 48.5. The van der Waals surface area contributed by atoms with Crippen LogP contribution in [-0.4, -0.2) is 0 Å². The van der Waals surface area contributed by atoms with E-state index in [0.717, 1.165) is 143 Å². The molecule has 0 nitrogen and oxygen atoms in total. The van der Waals surface area contributed by atoms with Crippen LogP contribution < -0.4 is 0 Å². The molecular weight excluding hydrogens is 1180 g/mol. The second kappa shape index (κ2) is 28.0. The van der Waals surface area contributed by atoms with Gasteiger partial charge in [-0.15, -0.1) is 0 Å². The summed E-state index contributed by atoms with van der Waals surface area (Å²) in [5, 5.41) is 0. The van der Waals surface area contributed by atoms with Crippen molar-refractivity contribution in [1.29, 1.82) is 0 Å². The van der Waals surface area contributed by atoms with Crippen molar-refractivity contribution in [3.63, 3.8) is 0 Å². The van der Waals surface area contributed by atoms with Crippen molar-refractivity contribution < 1.29 is 0 Å². The number of hydrogen-bond acceptors (Lipinski definition) is 0. The second-order valence-corrected chi connectivity index (χ2v) is 25.5. The van der Waals surface area contributed by atoms with Gasteiger partial charge in [-0.05, 0) is 188 Å². The molecule has 456 valence electrons. The van der Waals surface area contributed by atoms with Crippen LogP contribution in [0.1, 0.15) is 143 Å². The van der Waals surface area contributed by atoms with Crippen molar-refractivity contribution in [2.75, 3.05) is 0 Å². The predicted octanol–water partition coefficient (Wildman–Crippen LogP) is 19.3. The summed E-state index contributed by atoms with van der Waals surface area (Å²) < 4.78 is 0. The van der Waals surface area contributed by atoms with Gasteiger partial charge in [-0.25, -0.2) is 0 Å². The van der Waals surface area contributed by atoms with Gasteiger partial charge in [-0.2, -0.15) is 0 Å². The third-order valence-electron chi connectivity index (χ3n) is 19.6. The highest BCUT2D eigenvalue weighted by Crippen LogP contribution is 2.77. The zero-order chi connectivity index (χ0) is 65.8. The number of hydrogen-bond donors (Lipinski definition) is 0. The average molecular weight is 1240 g/mol. The molecule has 4 fully saturated rings. The quantitative estimate of drug-likeness (QED) is 0.154. The lowest BCUT2D eigenvalue weighted by molar-refractivity contribution is -0.0908. The first-order valence-corrected chi connectivity index (χ1v) is 33.6. The van der Waals surface area contributed by atoms with E-state index in [1.54, 1.807) is 0 Å². The molecule has 12 aromatic rings. The Morgan fingerprint density at radius 1 is 0.184 bits per heavy atom. The van der Waals surface area contributed by atoms with E-state index in [2.05, 4.69) is 313 Å². The van der Waals surface area contributed by atoms with Crippen molar-refractivity contribution in [3.8, 4) is 94.7 Å². The number of benzene rings is 12. The lowest BCUT2D eigenvalue weighted by Crippen LogP contribution is -2.73. The van der Waals surface area contributed by atoms with Crippen LogP contribution in [0.15, 0.2) is 315 Å². The topological polar surface area (TPSA) is 0 Å². The molecule has 0 heterocycles. The van der Waals surface area contributed by atoms with Crippen LogP contribution in [-0.2, 0) is 16.2 Å². The molecular formula is C98H64. The minimum Gasteiger partial charge on any atom is -0.0622 e. The maximum absolute atomic E-state index is 4.02. The molecule has 0 unspecified atom stereocenters. The molecule has 0 N–H and O–H groups in total.